The normalized spacial score (nSPS) is 13.1. The Kier molecular flexibility index (Phi) is 4.45. The minimum Gasteiger partial charge on any atom is -0.310 e. The van der Waals surface area contributed by atoms with Crippen molar-refractivity contribution in [2.24, 2.45) is 5.41 Å². The van der Waals surface area contributed by atoms with Crippen molar-refractivity contribution >= 4 is 0 Å². The molecule has 3 nitrogen and oxygen atoms in total. The average molecular weight is 217 g/mol. The minimum absolute atomic E-state index is 0.248. The number of nitriles is 1. The van der Waals surface area contributed by atoms with Crippen LogP contribution in [0.2, 0.25) is 0 Å². The summed E-state index contributed by atoms with van der Waals surface area (Å²) < 4.78 is 0. The highest BCUT2D eigenvalue weighted by molar-refractivity contribution is 5.12. The fourth-order valence-corrected chi connectivity index (χ4v) is 1.41. The predicted molar refractivity (Wildman–Crippen MR) is 64.7 cm³/mol. The van der Waals surface area contributed by atoms with E-state index in [2.05, 4.69) is 29.4 Å². The van der Waals surface area contributed by atoms with Crippen molar-refractivity contribution in [2.45, 2.75) is 33.2 Å². The molecule has 0 saturated heterocycles. The molecule has 0 bridgehead atoms. The minimum atomic E-state index is -0.248. The molecule has 1 unspecified atom stereocenters. The Bertz CT molecular complexity index is 351. The van der Waals surface area contributed by atoms with Gasteiger partial charge in [0.05, 0.1) is 11.5 Å². The Labute approximate surface area is 97.5 Å². The van der Waals surface area contributed by atoms with Gasteiger partial charge in [0, 0.05) is 18.4 Å². The van der Waals surface area contributed by atoms with Gasteiger partial charge in [-0.05, 0) is 45.4 Å². The zero-order valence-corrected chi connectivity index (χ0v) is 10.2. The van der Waals surface area contributed by atoms with Gasteiger partial charge in [-0.3, -0.25) is 4.98 Å². The van der Waals surface area contributed by atoms with E-state index in [0.29, 0.717) is 0 Å². The van der Waals surface area contributed by atoms with E-state index in [1.807, 2.05) is 26.1 Å². The summed E-state index contributed by atoms with van der Waals surface area (Å²) >= 11 is 0. The first kappa shape index (κ1) is 12.7. The van der Waals surface area contributed by atoms with E-state index in [1.54, 1.807) is 6.20 Å². The van der Waals surface area contributed by atoms with Crippen LogP contribution in [-0.2, 0) is 0 Å². The van der Waals surface area contributed by atoms with Crippen LogP contribution >= 0.6 is 0 Å². The van der Waals surface area contributed by atoms with Crippen LogP contribution in [0.5, 0.6) is 0 Å². The molecule has 1 rings (SSSR count). The van der Waals surface area contributed by atoms with E-state index in [4.69, 9.17) is 5.26 Å². The van der Waals surface area contributed by atoms with Crippen molar-refractivity contribution < 1.29 is 0 Å². The summed E-state index contributed by atoms with van der Waals surface area (Å²) in [5.41, 5.74) is 0.930. The lowest BCUT2D eigenvalue weighted by atomic mass is 9.91. The largest absolute Gasteiger partial charge is 0.310 e. The summed E-state index contributed by atoms with van der Waals surface area (Å²) in [6, 6.07) is 6.58. The Hall–Kier alpha value is -1.40. The van der Waals surface area contributed by atoms with Crippen LogP contribution in [0.25, 0.3) is 0 Å². The highest BCUT2D eigenvalue weighted by Gasteiger charge is 2.16. The molecule has 0 radical (unpaired) electrons. The molecular weight excluding hydrogens is 198 g/mol. The Balaban J connectivity index is 2.38. The second-order valence-electron chi connectivity index (χ2n) is 4.71. The van der Waals surface area contributed by atoms with Crippen molar-refractivity contribution in [1.29, 1.82) is 5.26 Å². The Morgan fingerprint density at radius 2 is 2.31 bits per heavy atom. The first-order valence-corrected chi connectivity index (χ1v) is 5.60. The topological polar surface area (TPSA) is 48.7 Å². The maximum Gasteiger partial charge on any atom is 0.0684 e. The van der Waals surface area contributed by atoms with E-state index in [1.165, 1.54) is 5.56 Å². The van der Waals surface area contributed by atoms with E-state index in [-0.39, 0.29) is 11.5 Å². The number of rotatable bonds is 5. The molecule has 0 aliphatic heterocycles. The molecule has 1 aromatic heterocycles. The van der Waals surface area contributed by atoms with Gasteiger partial charge in [0.15, 0.2) is 0 Å². The number of aromatic nitrogens is 1. The molecule has 16 heavy (non-hydrogen) atoms. The zero-order chi connectivity index (χ0) is 12.0. The fourth-order valence-electron chi connectivity index (χ4n) is 1.41. The lowest BCUT2D eigenvalue weighted by molar-refractivity contribution is 0.416. The van der Waals surface area contributed by atoms with Crippen molar-refractivity contribution in [2.75, 3.05) is 6.54 Å². The third-order valence-electron chi connectivity index (χ3n) is 2.69. The molecule has 1 aromatic rings. The van der Waals surface area contributed by atoms with Crippen molar-refractivity contribution in [1.82, 2.24) is 10.3 Å². The highest BCUT2D eigenvalue weighted by atomic mass is 14.9. The fraction of sp³-hybridized carbons (Fsp3) is 0.538. The Morgan fingerprint density at radius 1 is 1.56 bits per heavy atom. The first-order chi connectivity index (χ1) is 7.55. The third-order valence-corrected chi connectivity index (χ3v) is 2.69. The monoisotopic (exact) mass is 217 g/mol. The van der Waals surface area contributed by atoms with Crippen LogP contribution in [0.1, 0.15) is 38.8 Å². The molecule has 0 saturated carbocycles. The van der Waals surface area contributed by atoms with Gasteiger partial charge in [-0.2, -0.15) is 5.26 Å². The van der Waals surface area contributed by atoms with Crippen LogP contribution in [0.15, 0.2) is 24.5 Å². The van der Waals surface area contributed by atoms with Gasteiger partial charge in [-0.25, -0.2) is 0 Å². The number of nitrogens with one attached hydrogen (secondary N) is 1. The van der Waals surface area contributed by atoms with Gasteiger partial charge in [-0.15, -0.1) is 0 Å². The first-order valence-electron chi connectivity index (χ1n) is 5.60. The second-order valence-corrected chi connectivity index (χ2v) is 4.71. The van der Waals surface area contributed by atoms with Gasteiger partial charge in [0.2, 0.25) is 0 Å². The van der Waals surface area contributed by atoms with E-state index >= 15 is 0 Å². The molecule has 0 aromatic carbocycles. The van der Waals surface area contributed by atoms with Gasteiger partial charge in [0.25, 0.3) is 0 Å². The summed E-state index contributed by atoms with van der Waals surface area (Å²) in [5.74, 6) is 0. The summed E-state index contributed by atoms with van der Waals surface area (Å²) in [4.78, 5) is 4.09. The molecule has 0 amide bonds. The van der Waals surface area contributed by atoms with Crippen molar-refractivity contribution in [3.05, 3.63) is 30.1 Å². The average Bonchev–Trinajstić information content (AvgIpc) is 2.30. The van der Waals surface area contributed by atoms with Gasteiger partial charge >= 0.3 is 0 Å². The van der Waals surface area contributed by atoms with Gasteiger partial charge in [0.1, 0.15) is 0 Å². The Morgan fingerprint density at radius 3 is 2.88 bits per heavy atom. The maximum absolute atomic E-state index is 8.89. The molecular formula is C13H19N3. The lowest BCUT2D eigenvalue weighted by Gasteiger charge is -2.18. The number of hydrogen-bond acceptors (Lipinski definition) is 3. The van der Waals surface area contributed by atoms with Crippen LogP contribution in [0.4, 0.5) is 0 Å². The number of hydrogen-bond donors (Lipinski definition) is 1. The molecule has 0 fully saturated rings. The number of nitrogens with zero attached hydrogens (tertiary/aromatic N) is 2. The molecule has 1 heterocycles. The van der Waals surface area contributed by atoms with Gasteiger partial charge < -0.3 is 5.32 Å². The van der Waals surface area contributed by atoms with E-state index in [9.17, 15) is 0 Å². The SMILES string of the molecule is CC(NCCC(C)(C)C#N)c1cccnc1. The zero-order valence-electron chi connectivity index (χ0n) is 10.2. The van der Waals surface area contributed by atoms with Crippen molar-refractivity contribution in [3.8, 4) is 6.07 Å². The van der Waals surface area contributed by atoms with E-state index in [0.717, 1.165) is 13.0 Å². The third kappa shape index (κ3) is 4.00. The lowest BCUT2D eigenvalue weighted by Crippen LogP contribution is -2.24. The summed E-state index contributed by atoms with van der Waals surface area (Å²) in [5, 5.41) is 12.3. The molecule has 0 aliphatic rings. The van der Waals surface area contributed by atoms with E-state index < -0.39 is 0 Å². The van der Waals surface area contributed by atoms with Crippen LogP contribution in [0, 0.1) is 16.7 Å². The summed E-state index contributed by atoms with van der Waals surface area (Å²) in [7, 11) is 0. The van der Waals surface area contributed by atoms with Gasteiger partial charge in [-0.1, -0.05) is 6.07 Å². The summed E-state index contributed by atoms with van der Waals surface area (Å²) in [6.07, 6.45) is 4.50. The van der Waals surface area contributed by atoms with Crippen LogP contribution in [-0.4, -0.2) is 11.5 Å². The molecule has 3 heteroatoms. The summed E-state index contributed by atoms with van der Waals surface area (Å²) in [6.45, 7) is 6.87. The molecule has 0 aliphatic carbocycles. The molecule has 1 N–H and O–H groups in total. The highest BCUT2D eigenvalue weighted by Crippen LogP contribution is 2.18. The quantitative estimate of drug-likeness (QED) is 0.825. The van der Waals surface area contributed by atoms with Crippen molar-refractivity contribution in [3.63, 3.8) is 0 Å². The standard InChI is InChI=1S/C13H19N3/c1-11(12-5-4-7-15-9-12)16-8-6-13(2,3)10-14/h4-5,7,9,11,16H,6,8H2,1-3H3. The maximum atomic E-state index is 8.89. The van der Waals surface area contributed by atoms with Crippen LogP contribution in [0.3, 0.4) is 0 Å². The van der Waals surface area contributed by atoms with Crippen LogP contribution < -0.4 is 5.32 Å². The molecule has 0 spiro atoms. The predicted octanol–water partition coefficient (Wildman–Crippen LogP) is 2.67. The smallest absolute Gasteiger partial charge is 0.0684 e. The molecule has 1 atom stereocenters. The number of pyridine rings is 1. The molecule has 86 valence electrons. The second kappa shape index (κ2) is 5.62.